The molecule has 0 heterocycles. The van der Waals surface area contributed by atoms with Crippen LogP contribution in [0.2, 0.25) is 0 Å². The minimum absolute atomic E-state index is 0.0384. The van der Waals surface area contributed by atoms with E-state index in [2.05, 4.69) is 12.2 Å². The SMILES string of the molecule is CCCCOCCNC(=O)c1cc(N)ccc1[N+](=O)[O-]. The summed E-state index contributed by atoms with van der Waals surface area (Å²) in [6.07, 6.45) is 2.01. The fourth-order valence-corrected chi connectivity index (χ4v) is 1.58. The van der Waals surface area contributed by atoms with Crippen LogP contribution in [-0.2, 0) is 4.74 Å². The van der Waals surface area contributed by atoms with Crippen LogP contribution in [0.4, 0.5) is 11.4 Å². The zero-order chi connectivity index (χ0) is 15.0. The molecule has 0 unspecified atom stereocenters. The standard InChI is InChI=1S/C13H19N3O4/c1-2-3-7-20-8-6-15-13(17)11-9-10(14)4-5-12(11)16(18)19/h4-5,9H,2-3,6-8,14H2,1H3,(H,15,17). The summed E-state index contributed by atoms with van der Waals surface area (Å²) in [6, 6.07) is 3.91. The van der Waals surface area contributed by atoms with Crippen LogP contribution in [0, 0.1) is 10.1 Å². The molecule has 0 aliphatic carbocycles. The third kappa shape index (κ3) is 4.85. The first kappa shape index (κ1) is 15.9. The van der Waals surface area contributed by atoms with E-state index in [-0.39, 0.29) is 11.3 Å². The summed E-state index contributed by atoms with van der Waals surface area (Å²) < 4.78 is 5.29. The van der Waals surface area contributed by atoms with E-state index in [1.807, 2.05) is 0 Å². The van der Waals surface area contributed by atoms with E-state index in [0.29, 0.717) is 25.4 Å². The summed E-state index contributed by atoms with van der Waals surface area (Å²) in [6.45, 7) is 3.38. The van der Waals surface area contributed by atoms with E-state index < -0.39 is 10.8 Å². The van der Waals surface area contributed by atoms with Crippen molar-refractivity contribution in [3.05, 3.63) is 33.9 Å². The van der Waals surface area contributed by atoms with Gasteiger partial charge >= 0.3 is 0 Å². The van der Waals surface area contributed by atoms with Gasteiger partial charge in [0.05, 0.1) is 11.5 Å². The molecule has 0 saturated carbocycles. The molecule has 0 aromatic heterocycles. The van der Waals surface area contributed by atoms with Crippen LogP contribution < -0.4 is 11.1 Å². The molecule has 7 nitrogen and oxygen atoms in total. The Labute approximate surface area is 117 Å². The van der Waals surface area contributed by atoms with Crippen LogP contribution in [0.5, 0.6) is 0 Å². The Morgan fingerprint density at radius 1 is 1.45 bits per heavy atom. The van der Waals surface area contributed by atoms with Gasteiger partial charge in [0.2, 0.25) is 0 Å². The van der Waals surface area contributed by atoms with Gasteiger partial charge in [-0.3, -0.25) is 14.9 Å². The quantitative estimate of drug-likeness (QED) is 0.326. The highest BCUT2D eigenvalue weighted by Crippen LogP contribution is 2.20. The predicted molar refractivity (Wildman–Crippen MR) is 75.6 cm³/mol. The fourth-order valence-electron chi connectivity index (χ4n) is 1.58. The van der Waals surface area contributed by atoms with Gasteiger partial charge in [-0.15, -0.1) is 0 Å². The van der Waals surface area contributed by atoms with Crippen molar-refractivity contribution in [2.24, 2.45) is 0 Å². The number of nitro benzene ring substituents is 1. The Kier molecular flexibility index (Phi) is 6.45. The summed E-state index contributed by atoms with van der Waals surface area (Å²) in [5.74, 6) is -0.525. The first-order valence-corrected chi connectivity index (χ1v) is 6.46. The molecule has 1 rings (SSSR count). The number of hydrogen-bond acceptors (Lipinski definition) is 5. The zero-order valence-corrected chi connectivity index (χ0v) is 11.4. The Morgan fingerprint density at radius 2 is 2.20 bits per heavy atom. The lowest BCUT2D eigenvalue weighted by Crippen LogP contribution is -2.28. The maximum Gasteiger partial charge on any atom is 0.282 e. The molecule has 0 radical (unpaired) electrons. The third-order valence-electron chi connectivity index (χ3n) is 2.64. The Balaban J connectivity index is 2.54. The Bertz CT molecular complexity index is 477. The lowest BCUT2D eigenvalue weighted by molar-refractivity contribution is -0.385. The Hall–Kier alpha value is -2.15. The number of nitrogens with two attached hydrogens (primary N) is 1. The Morgan fingerprint density at radius 3 is 2.85 bits per heavy atom. The second kappa shape index (κ2) is 8.11. The average Bonchev–Trinajstić information content (AvgIpc) is 2.42. The van der Waals surface area contributed by atoms with Crippen LogP contribution in [0.15, 0.2) is 18.2 Å². The second-order valence-electron chi connectivity index (χ2n) is 4.26. The van der Waals surface area contributed by atoms with Crippen molar-refractivity contribution < 1.29 is 14.5 Å². The molecule has 1 aromatic carbocycles. The highest BCUT2D eigenvalue weighted by Gasteiger charge is 2.19. The third-order valence-corrected chi connectivity index (χ3v) is 2.64. The number of nitrogens with one attached hydrogen (secondary N) is 1. The van der Waals surface area contributed by atoms with Crippen LogP contribution in [0.25, 0.3) is 0 Å². The monoisotopic (exact) mass is 281 g/mol. The van der Waals surface area contributed by atoms with Gasteiger partial charge in [-0.05, 0) is 18.6 Å². The zero-order valence-electron chi connectivity index (χ0n) is 11.4. The minimum atomic E-state index is -0.605. The molecule has 0 aliphatic rings. The maximum absolute atomic E-state index is 11.9. The molecule has 1 aromatic rings. The summed E-state index contributed by atoms with van der Waals surface area (Å²) >= 11 is 0. The smallest absolute Gasteiger partial charge is 0.282 e. The van der Waals surface area contributed by atoms with Crippen LogP contribution >= 0.6 is 0 Å². The topological polar surface area (TPSA) is 107 Å². The maximum atomic E-state index is 11.9. The van der Waals surface area contributed by atoms with Gasteiger partial charge in [0.15, 0.2) is 0 Å². The molecule has 0 saturated heterocycles. The number of ether oxygens (including phenoxy) is 1. The number of unbranched alkanes of at least 4 members (excludes halogenated alkanes) is 1. The van der Waals surface area contributed by atoms with E-state index in [4.69, 9.17) is 10.5 Å². The second-order valence-corrected chi connectivity index (χ2v) is 4.26. The summed E-state index contributed by atoms with van der Waals surface area (Å²) in [7, 11) is 0. The molecular weight excluding hydrogens is 262 g/mol. The van der Waals surface area contributed by atoms with Crippen molar-refractivity contribution >= 4 is 17.3 Å². The molecule has 0 bridgehead atoms. The van der Waals surface area contributed by atoms with E-state index in [1.54, 1.807) is 0 Å². The first-order chi connectivity index (χ1) is 9.56. The van der Waals surface area contributed by atoms with E-state index >= 15 is 0 Å². The van der Waals surface area contributed by atoms with Gasteiger partial charge < -0.3 is 15.8 Å². The van der Waals surface area contributed by atoms with Gasteiger partial charge in [-0.2, -0.15) is 0 Å². The van der Waals surface area contributed by atoms with Crippen molar-refractivity contribution in [3.63, 3.8) is 0 Å². The van der Waals surface area contributed by atoms with Gasteiger partial charge in [-0.25, -0.2) is 0 Å². The molecule has 0 aliphatic heterocycles. The molecule has 20 heavy (non-hydrogen) atoms. The van der Waals surface area contributed by atoms with Crippen LogP contribution in [0.1, 0.15) is 30.1 Å². The molecule has 0 spiro atoms. The first-order valence-electron chi connectivity index (χ1n) is 6.46. The molecule has 110 valence electrons. The highest BCUT2D eigenvalue weighted by atomic mass is 16.6. The number of nitrogen functional groups attached to an aromatic ring is 1. The number of nitro groups is 1. The van der Waals surface area contributed by atoms with E-state index in [9.17, 15) is 14.9 Å². The number of benzene rings is 1. The normalized spacial score (nSPS) is 10.2. The molecule has 3 N–H and O–H groups in total. The number of anilines is 1. The highest BCUT2D eigenvalue weighted by molar-refractivity contribution is 5.99. The van der Waals surface area contributed by atoms with Crippen LogP contribution in [-0.4, -0.2) is 30.6 Å². The van der Waals surface area contributed by atoms with Gasteiger partial charge in [0.25, 0.3) is 11.6 Å². The average molecular weight is 281 g/mol. The number of amides is 1. The lowest BCUT2D eigenvalue weighted by atomic mass is 10.1. The van der Waals surface area contributed by atoms with Crippen LogP contribution in [0.3, 0.4) is 0 Å². The predicted octanol–water partition coefficient (Wildman–Crippen LogP) is 1.72. The number of nitrogens with zero attached hydrogens (tertiary/aromatic N) is 1. The summed E-state index contributed by atoms with van der Waals surface area (Å²) in [5, 5.41) is 13.4. The van der Waals surface area contributed by atoms with Crippen molar-refractivity contribution in [2.45, 2.75) is 19.8 Å². The molecule has 0 atom stereocenters. The van der Waals surface area contributed by atoms with Crippen molar-refractivity contribution in [1.29, 1.82) is 0 Å². The van der Waals surface area contributed by atoms with E-state index in [1.165, 1.54) is 18.2 Å². The van der Waals surface area contributed by atoms with Gasteiger partial charge in [0.1, 0.15) is 5.56 Å². The number of carbonyl (C=O) groups excluding carboxylic acids is 1. The van der Waals surface area contributed by atoms with Gasteiger partial charge in [0, 0.05) is 24.9 Å². The lowest BCUT2D eigenvalue weighted by Gasteiger charge is -2.07. The van der Waals surface area contributed by atoms with Crippen molar-refractivity contribution in [2.75, 3.05) is 25.5 Å². The largest absolute Gasteiger partial charge is 0.399 e. The van der Waals surface area contributed by atoms with Gasteiger partial charge in [-0.1, -0.05) is 13.3 Å². The minimum Gasteiger partial charge on any atom is -0.399 e. The molecule has 0 fully saturated rings. The van der Waals surface area contributed by atoms with Crippen molar-refractivity contribution in [1.82, 2.24) is 5.32 Å². The van der Waals surface area contributed by atoms with E-state index in [0.717, 1.165) is 12.8 Å². The molecular formula is C13H19N3O4. The molecule has 1 amide bonds. The summed E-state index contributed by atoms with van der Waals surface area (Å²) in [4.78, 5) is 22.1. The fraction of sp³-hybridized carbons (Fsp3) is 0.462. The number of hydrogen-bond donors (Lipinski definition) is 2. The number of rotatable bonds is 8. The molecule has 7 heteroatoms. The van der Waals surface area contributed by atoms with Crippen molar-refractivity contribution in [3.8, 4) is 0 Å². The number of carbonyl (C=O) groups is 1. The summed E-state index contributed by atoms with van der Waals surface area (Å²) in [5.41, 5.74) is 5.55.